The molecule has 0 bridgehead atoms. The van der Waals surface area contributed by atoms with Crippen LogP contribution in [0.25, 0.3) is 11.8 Å². The highest BCUT2D eigenvalue weighted by Gasteiger charge is 2.28. The molecule has 3 aromatic rings. The minimum absolute atomic E-state index is 0.231. The lowest BCUT2D eigenvalue weighted by Gasteiger charge is -2.29. The zero-order valence-corrected chi connectivity index (χ0v) is 20.2. The molecule has 3 heterocycles. The monoisotopic (exact) mass is 472 g/mol. The summed E-state index contributed by atoms with van der Waals surface area (Å²) in [7, 11) is 3.13. The molecule has 0 aliphatic carbocycles. The van der Waals surface area contributed by atoms with Gasteiger partial charge in [0.15, 0.2) is 17.2 Å². The summed E-state index contributed by atoms with van der Waals surface area (Å²) in [6.45, 7) is 3.84. The predicted octanol–water partition coefficient (Wildman–Crippen LogP) is 4.53. The molecule has 2 aliphatic heterocycles. The van der Waals surface area contributed by atoms with Crippen molar-refractivity contribution in [1.29, 1.82) is 0 Å². The number of benzene rings is 2. The van der Waals surface area contributed by atoms with Crippen LogP contribution in [0.1, 0.15) is 36.1 Å². The largest absolute Gasteiger partial charge is 0.493 e. The third kappa shape index (κ3) is 4.39. The Kier molecular flexibility index (Phi) is 6.27. The number of cyclic esters (lactones) is 1. The van der Waals surface area contributed by atoms with E-state index in [2.05, 4.69) is 9.89 Å². The molecule has 1 saturated heterocycles. The molecule has 0 unspecified atom stereocenters. The Hall–Kier alpha value is -4.07. The molecular formula is C27H28N4O4. The number of rotatable bonds is 6. The second kappa shape index (κ2) is 9.66. The van der Waals surface area contributed by atoms with Crippen LogP contribution in [0.4, 0.5) is 5.82 Å². The zero-order chi connectivity index (χ0) is 24.4. The topological polar surface area (TPSA) is 78.2 Å². The number of carbonyl (C=O) groups excluding carboxylic acids is 1. The molecule has 0 spiro atoms. The molecule has 8 nitrogen and oxygen atoms in total. The van der Waals surface area contributed by atoms with Gasteiger partial charge in [-0.3, -0.25) is 0 Å². The summed E-state index contributed by atoms with van der Waals surface area (Å²) in [5.74, 6) is 1.84. The Morgan fingerprint density at radius 2 is 1.71 bits per heavy atom. The molecule has 8 heteroatoms. The summed E-state index contributed by atoms with van der Waals surface area (Å²) in [6, 6.07) is 15.3. The smallest absolute Gasteiger partial charge is 0.363 e. The van der Waals surface area contributed by atoms with Gasteiger partial charge in [0.25, 0.3) is 0 Å². The maximum atomic E-state index is 12.8. The number of ether oxygens (including phenoxy) is 3. The lowest BCUT2D eigenvalue weighted by molar-refractivity contribution is -0.129. The number of aryl methyl sites for hydroxylation is 1. The van der Waals surface area contributed by atoms with E-state index in [9.17, 15) is 4.79 Å². The standard InChI is InChI=1S/C27H28N4O4/c1-18-21(26(30-14-8-5-9-15-30)31(29-18)20-10-6-4-7-11-20)17-22-27(32)35-25(28-22)19-12-13-23(33-2)24(16-19)34-3/h4,6-7,10-13,16-17H,5,8-9,14-15H2,1-3H3/b22-17+. The molecule has 1 aromatic heterocycles. The first-order valence-electron chi connectivity index (χ1n) is 11.7. The summed E-state index contributed by atoms with van der Waals surface area (Å²) < 4.78 is 18.2. The van der Waals surface area contributed by atoms with Gasteiger partial charge in [-0.15, -0.1) is 0 Å². The molecule has 2 aliphatic rings. The van der Waals surface area contributed by atoms with E-state index in [1.54, 1.807) is 38.5 Å². The number of nitrogens with zero attached hydrogens (tertiary/aromatic N) is 4. The molecular weight excluding hydrogens is 444 g/mol. The van der Waals surface area contributed by atoms with Gasteiger partial charge in [-0.2, -0.15) is 5.10 Å². The lowest BCUT2D eigenvalue weighted by Crippen LogP contribution is -2.31. The van der Waals surface area contributed by atoms with Crippen molar-refractivity contribution in [3.63, 3.8) is 0 Å². The zero-order valence-electron chi connectivity index (χ0n) is 20.2. The van der Waals surface area contributed by atoms with Crippen LogP contribution in [0.2, 0.25) is 0 Å². The third-order valence-electron chi connectivity index (χ3n) is 6.27. The van der Waals surface area contributed by atoms with Gasteiger partial charge in [-0.1, -0.05) is 18.2 Å². The Labute approximate surface area is 204 Å². The highest BCUT2D eigenvalue weighted by Crippen LogP contribution is 2.33. The first-order valence-corrected chi connectivity index (χ1v) is 11.7. The first kappa shape index (κ1) is 22.7. The van der Waals surface area contributed by atoms with Crippen LogP contribution in [0.5, 0.6) is 11.5 Å². The first-order chi connectivity index (χ1) is 17.1. The molecule has 35 heavy (non-hydrogen) atoms. The molecule has 2 aromatic carbocycles. The number of hydrogen-bond acceptors (Lipinski definition) is 7. The molecule has 0 amide bonds. The summed E-state index contributed by atoms with van der Waals surface area (Å²) in [4.78, 5) is 19.7. The Morgan fingerprint density at radius 1 is 0.971 bits per heavy atom. The highest BCUT2D eigenvalue weighted by atomic mass is 16.6. The quantitative estimate of drug-likeness (QED) is 0.387. The van der Waals surface area contributed by atoms with Crippen molar-refractivity contribution in [2.24, 2.45) is 4.99 Å². The minimum atomic E-state index is -0.494. The molecule has 0 N–H and O–H groups in total. The van der Waals surface area contributed by atoms with Crippen LogP contribution in [-0.2, 0) is 9.53 Å². The van der Waals surface area contributed by atoms with Crippen molar-refractivity contribution in [1.82, 2.24) is 9.78 Å². The number of hydrogen-bond donors (Lipinski definition) is 0. The number of anilines is 1. The summed E-state index contributed by atoms with van der Waals surface area (Å²) in [5, 5.41) is 4.84. The number of methoxy groups -OCH3 is 2. The van der Waals surface area contributed by atoms with Crippen molar-refractivity contribution in [3.8, 4) is 17.2 Å². The second-order valence-corrected chi connectivity index (χ2v) is 8.52. The molecule has 180 valence electrons. The molecule has 5 rings (SSSR count). The van der Waals surface area contributed by atoms with Gasteiger partial charge in [-0.05, 0) is 62.6 Å². The number of carbonyl (C=O) groups is 1. The van der Waals surface area contributed by atoms with E-state index in [0.717, 1.165) is 48.7 Å². The van der Waals surface area contributed by atoms with Gasteiger partial charge in [0.05, 0.1) is 25.6 Å². The average Bonchev–Trinajstić information content (AvgIpc) is 3.44. The van der Waals surface area contributed by atoms with Crippen LogP contribution in [-0.4, -0.2) is 49.0 Å². The van der Waals surface area contributed by atoms with Gasteiger partial charge in [-0.25, -0.2) is 14.5 Å². The average molecular weight is 473 g/mol. The van der Waals surface area contributed by atoms with Crippen LogP contribution in [0.15, 0.2) is 59.2 Å². The summed E-state index contributed by atoms with van der Waals surface area (Å²) in [5.41, 5.74) is 3.55. The van der Waals surface area contributed by atoms with Crippen LogP contribution >= 0.6 is 0 Å². The predicted molar refractivity (Wildman–Crippen MR) is 135 cm³/mol. The van der Waals surface area contributed by atoms with Crippen molar-refractivity contribution in [2.75, 3.05) is 32.2 Å². The fraction of sp³-hybridized carbons (Fsp3) is 0.296. The van der Waals surface area contributed by atoms with Crippen molar-refractivity contribution in [2.45, 2.75) is 26.2 Å². The second-order valence-electron chi connectivity index (χ2n) is 8.52. The normalized spacial score (nSPS) is 16.9. The van der Waals surface area contributed by atoms with E-state index in [0.29, 0.717) is 17.1 Å². The third-order valence-corrected chi connectivity index (χ3v) is 6.27. The number of aromatic nitrogens is 2. The van der Waals surface area contributed by atoms with Crippen molar-refractivity contribution < 1.29 is 19.0 Å². The Balaban J connectivity index is 1.58. The number of esters is 1. The molecule has 1 fully saturated rings. The maximum Gasteiger partial charge on any atom is 0.363 e. The number of piperidine rings is 1. The Bertz CT molecular complexity index is 1300. The van der Waals surface area contributed by atoms with E-state index in [1.165, 1.54) is 6.42 Å². The van der Waals surface area contributed by atoms with E-state index in [4.69, 9.17) is 19.3 Å². The fourth-order valence-electron chi connectivity index (χ4n) is 4.49. The van der Waals surface area contributed by atoms with Gasteiger partial charge in [0, 0.05) is 24.2 Å². The SMILES string of the molecule is COc1ccc(C2=N/C(=C/c3c(C)nn(-c4ccccc4)c3N3CCCCC3)C(=O)O2)cc1OC. The molecule has 0 saturated carbocycles. The summed E-state index contributed by atoms with van der Waals surface area (Å²) >= 11 is 0. The molecule has 0 atom stereocenters. The summed E-state index contributed by atoms with van der Waals surface area (Å²) in [6.07, 6.45) is 5.26. The van der Waals surface area contributed by atoms with E-state index in [1.807, 2.05) is 41.9 Å². The van der Waals surface area contributed by atoms with E-state index >= 15 is 0 Å². The van der Waals surface area contributed by atoms with E-state index in [-0.39, 0.29) is 11.6 Å². The molecule has 0 radical (unpaired) electrons. The highest BCUT2D eigenvalue weighted by molar-refractivity contribution is 6.13. The van der Waals surface area contributed by atoms with Gasteiger partial charge < -0.3 is 19.1 Å². The van der Waals surface area contributed by atoms with E-state index < -0.39 is 5.97 Å². The van der Waals surface area contributed by atoms with Crippen LogP contribution < -0.4 is 14.4 Å². The van der Waals surface area contributed by atoms with Gasteiger partial charge in [0.1, 0.15) is 5.82 Å². The number of para-hydroxylation sites is 1. The van der Waals surface area contributed by atoms with Crippen molar-refractivity contribution in [3.05, 3.63) is 71.0 Å². The number of aliphatic imine (C=N–C) groups is 1. The van der Waals surface area contributed by atoms with Gasteiger partial charge >= 0.3 is 5.97 Å². The Morgan fingerprint density at radius 3 is 2.43 bits per heavy atom. The van der Waals surface area contributed by atoms with Crippen LogP contribution in [0, 0.1) is 6.92 Å². The fourth-order valence-corrected chi connectivity index (χ4v) is 4.49. The minimum Gasteiger partial charge on any atom is -0.493 e. The maximum absolute atomic E-state index is 12.8. The van der Waals surface area contributed by atoms with Gasteiger partial charge in [0.2, 0.25) is 5.90 Å². The van der Waals surface area contributed by atoms with Crippen LogP contribution in [0.3, 0.4) is 0 Å². The van der Waals surface area contributed by atoms with Crippen molar-refractivity contribution >= 4 is 23.8 Å². The lowest BCUT2D eigenvalue weighted by atomic mass is 10.1.